The molecule has 2 amide bonds. The van der Waals surface area contributed by atoms with E-state index in [0.29, 0.717) is 6.54 Å². The first-order chi connectivity index (χ1) is 14.5. The minimum absolute atomic E-state index is 0.394. The molecule has 0 saturated heterocycles. The summed E-state index contributed by atoms with van der Waals surface area (Å²) in [5, 5.41) is 0. The van der Waals surface area contributed by atoms with Crippen LogP contribution in [0.25, 0.3) is 0 Å². The van der Waals surface area contributed by atoms with E-state index in [-0.39, 0.29) is 0 Å². The molecule has 0 aromatic heterocycles. The molecule has 0 N–H and O–H groups in total. The number of imide groups is 1. The molecule has 0 atom stereocenters. The van der Waals surface area contributed by atoms with Crippen LogP contribution in [-0.2, 0) is 9.47 Å². The van der Waals surface area contributed by atoms with Crippen LogP contribution in [0.15, 0.2) is 0 Å². The summed E-state index contributed by atoms with van der Waals surface area (Å²) in [6.07, 6.45) is 16.5. The topological polar surface area (TPSA) is 55.8 Å². The van der Waals surface area contributed by atoms with Gasteiger partial charge in [0.15, 0.2) is 0 Å². The van der Waals surface area contributed by atoms with E-state index < -0.39 is 23.4 Å². The van der Waals surface area contributed by atoms with Gasteiger partial charge in [-0.2, -0.15) is 0 Å². The Balaban J connectivity index is 1.96. The third-order valence-corrected chi connectivity index (χ3v) is 7.35. The maximum atomic E-state index is 13.1. The number of unbranched alkanes of at least 4 members (excludes halogenated alkanes) is 6. The van der Waals surface area contributed by atoms with Crippen molar-refractivity contribution in [2.75, 3.05) is 6.54 Å². The van der Waals surface area contributed by atoms with Crippen molar-refractivity contribution in [1.29, 1.82) is 0 Å². The van der Waals surface area contributed by atoms with E-state index in [1.54, 1.807) is 0 Å². The zero-order chi connectivity index (χ0) is 21.9. The Morgan fingerprint density at radius 3 is 1.47 bits per heavy atom. The minimum atomic E-state index is -0.501. The van der Waals surface area contributed by atoms with E-state index in [1.807, 2.05) is 0 Å². The largest absolute Gasteiger partial charge is 0.442 e. The number of hydrogen-bond donors (Lipinski definition) is 0. The van der Waals surface area contributed by atoms with Gasteiger partial charge in [0, 0.05) is 6.54 Å². The zero-order valence-corrected chi connectivity index (χ0v) is 19.8. The zero-order valence-electron chi connectivity index (χ0n) is 19.8. The lowest BCUT2D eigenvalue weighted by Gasteiger charge is -2.33. The number of ether oxygens (including phenoxy) is 2. The lowest BCUT2D eigenvalue weighted by molar-refractivity contribution is -0.0297. The SMILES string of the molecule is CCCCCCCCCN(C(=O)OC1(CC)CCCC1)C(=O)OC1(CC)CCCC1. The molecule has 0 bridgehead atoms. The molecule has 2 aliphatic carbocycles. The molecule has 0 aliphatic heterocycles. The van der Waals surface area contributed by atoms with Gasteiger partial charge in [0.25, 0.3) is 0 Å². The minimum Gasteiger partial charge on any atom is -0.442 e. The standard InChI is InChI=1S/C25H45NO4/c1-4-7-8-9-10-11-16-21-26(22(27)29-24(5-2)17-12-13-18-24)23(28)30-25(6-3)19-14-15-20-25/h4-21H2,1-3H3. The van der Waals surface area contributed by atoms with Crippen molar-refractivity contribution in [2.45, 2.75) is 141 Å². The van der Waals surface area contributed by atoms with Gasteiger partial charge in [0.05, 0.1) is 0 Å². The summed E-state index contributed by atoms with van der Waals surface area (Å²) in [6, 6.07) is 0. The van der Waals surface area contributed by atoms with Crippen LogP contribution in [0.4, 0.5) is 9.59 Å². The number of carbonyl (C=O) groups excluding carboxylic acids is 2. The number of hydrogen-bond acceptors (Lipinski definition) is 4. The van der Waals surface area contributed by atoms with Gasteiger partial charge in [0.2, 0.25) is 0 Å². The highest BCUT2D eigenvalue weighted by Gasteiger charge is 2.41. The Labute approximate surface area is 184 Å². The average Bonchev–Trinajstić information content (AvgIpc) is 3.40. The molecule has 0 spiro atoms. The van der Waals surface area contributed by atoms with Gasteiger partial charge < -0.3 is 9.47 Å². The van der Waals surface area contributed by atoms with Crippen molar-refractivity contribution in [2.24, 2.45) is 0 Å². The molecule has 2 rings (SSSR count). The van der Waals surface area contributed by atoms with Gasteiger partial charge in [-0.05, 0) is 70.6 Å². The quantitative estimate of drug-likeness (QED) is 0.301. The molecule has 5 heteroatoms. The van der Waals surface area contributed by atoms with Crippen molar-refractivity contribution < 1.29 is 19.1 Å². The fraction of sp³-hybridized carbons (Fsp3) is 0.920. The monoisotopic (exact) mass is 423 g/mol. The smallest absolute Gasteiger partial charge is 0.419 e. The lowest BCUT2D eigenvalue weighted by Crippen LogP contribution is -2.46. The Kier molecular flexibility index (Phi) is 10.5. The van der Waals surface area contributed by atoms with Crippen LogP contribution in [0.3, 0.4) is 0 Å². The second kappa shape index (κ2) is 12.6. The molecule has 2 fully saturated rings. The maximum absolute atomic E-state index is 13.1. The first-order valence-corrected chi connectivity index (χ1v) is 12.7. The van der Waals surface area contributed by atoms with Crippen LogP contribution >= 0.6 is 0 Å². The number of nitrogens with zero attached hydrogens (tertiary/aromatic N) is 1. The normalized spacial score (nSPS) is 19.6. The summed E-state index contributed by atoms with van der Waals surface area (Å²) in [4.78, 5) is 27.4. The van der Waals surface area contributed by atoms with Crippen molar-refractivity contribution in [3.63, 3.8) is 0 Å². The van der Waals surface area contributed by atoms with E-state index in [0.717, 1.165) is 83.5 Å². The van der Waals surface area contributed by atoms with Crippen LogP contribution < -0.4 is 0 Å². The fourth-order valence-corrected chi connectivity index (χ4v) is 5.06. The summed E-state index contributed by atoms with van der Waals surface area (Å²) in [5.74, 6) is 0. The summed E-state index contributed by atoms with van der Waals surface area (Å²) < 4.78 is 11.9. The fourth-order valence-electron chi connectivity index (χ4n) is 5.06. The second-order valence-corrected chi connectivity index (χ2v) is 9.50. The summed E-state index contributed by atoms with van der Waals surface area (Å²) >= 11 is 0. The van der Waals surface area contributed by atoms with E-state index in [4.69, 9.17) is 9.47 Å². The van der Waals surface area contributed by atoms with Gasteiger partial charge in [-0.1, -0.05) is 59.3 Å². The summed E-state index contributed by atoms with van der Waals surface area (Å²) in [6.45, 7) is 6.76. The third kappa shape index (κ3) is 7.16. The summed E-state index contributed by atoms with van der Waals surface area (Å²) in [7, 11) is 0. The highest BCUT2D eigenvalue weighted by atomic mass is 16.6. The molecule has 2 aliphatic rings. The van der Waals surface area contributed by atoms with Crippen LogP contribution in [0.2, 0.25) is 0 Å². The number of amides is 2. The van der Waals surface area contributed by atoms with Crippen molar-refractivity contribution in [3.05, 3.63) is 0 Å². The highest BCUT2D eigenvalue weighted by molar-refractivity contribution is 5.88. The average molecular weight is 424 g/mol. The van der Waals surface area contributed by atoms with E-state index in [2.05, 4.69) is 20.8 Å². The Morgan fingerprint density at radius 1 is 0.667 bits per heavy atom. The Hall–Kier alpha value is -1.26. The van der Waals surface area contributed by atoms with Crippen LogP contribution in [0.5, 0.6) is 0 Å². The Morgan fingerprint density at radius 2 is 1.07 bits per heavy atom. The van der Waals surface area contributed by atoms with Gasteiger partial charge >= 0.3 is 12.2 Å². The van der Waals surface area contributed by atoms with Crippen molar-refractivity contribution in [1.82, 2.24) is 4.90 Å². The lowest BCUT2D eigenvalue weighted by atomic mass is 9.99. The van der Waals surface area contributed by atoms with Gasteiger partial charge in [-0.25, -0.2) is 14.5 Å². The summed E-state index contributed by atoms with van der Waals surface area (Å²) in [5.41, 5.74) is -0.795. The molecule has 0 radical (unpaired) electrons. The molecule has 2 saturated carbocycles. The third-order valence-electron chi connectivity index (χ3n) is 7.35. The number of rotatable bonds is 12. The van der Waals surface area contributed by atoms with E-state index >= 15 is 0 Å². The predicted octanol–water partition coefficient (Wildman–Crippen LogP) is 7.76. The molecule has 5 nitrogen and oxygen atoms in total. The van der Waals surface area contributed by atoms with E-state index in [9.17, 15) is 9.59 Å². The first kappa shape index (κ1) is 25.0. The maximum Gasteiger partial charge on any atom is 0.419 e. The molecule has 0 aromatic carbocycles. The van der Waals surface area contributed by atoms with Crippen molar-refractivity contribution in [3.8, 4) is 0 Å². The molecular formula is C25H45NO4. The van der Waals surface area contributed by atoms with Crippen molar-refractivity contribution >= 4 is 12.2 Å². The second-order valence-electron chi connectivity index (χ2n) is 9.50. The molecule has 0 aromatic rings. The number of carbonyl (C=O) groups is 2. The molecule has 174 valence electrons. The van der Waals surface area contributed by atoms with E-state index in [1.165, 1.54) is 30.6 Å². The highest BCUT2D eigenvalue weighted by Crippen LogP contribution is 2.38. The Bertz CT molecular complexity index is 483. The molecule has 0 heterocycles. The molecule has 0 unspecified atom stereocenters. The predicted molar refractivity (Wildman–Crippen MR) is 121 cm³/mol. The first-order valence-electron chi connectivity index (χ1n) is 12.7. The van der Waals surface area contributed by atoms with Gasteiger partial charge in [-0.15, -0.1) is 0 Å². The van der Waals surface area contributed by atoms with Crippen LogP contribution in [0.1, 0.15) is 130 Å². The van der Waals surface area contributed by atoms with Gasteiger partial charge in [0.1, 0.15) is 11.2 Å². The van der Waals surface area contributed by atoms with Gasteiger partial charge in [-0.3, -0.25) is 0 Å². The molecule has 30 heavy (non-hydrogen) atoms. The molecular weight excluding hydrogens is 378 g/mol. The van der Waals surface area contributed by atoms with Crippen LogP contribution in [-0.4, -0.2) is 34.8 Å². The van der Waals surface area contributed by atoms with Crippen LogP contribution in [0, 0.1) is 0 Å².